The van der Waals surface area contributed by atoms with Gasteiger partial charge in [0.2, 0.25) is 5.60 Å². The van der Waals surface area contributed by atoms with Crippen molar-refractivity contribution in [2.24, 2.45) is 0 Å². The third kappa shape index (κ3) is 1.40. The van der Waals surface area contributed by atoms with Crippen molar-refractivity contribution < 1.29 is 19.7 Å². The van der Waals surface area contributed by atoms with Gasteiger partial charge < -0.3 is 0 Å². The van der Waals surface area contributed by atoms with Crippen molar-refractivity contribution in [2.45, 2.75) is 18.9 Å². The van der Waals surface area contributed by atoms with E-state index < -0.39 is 11.5 Å². The summed E-state index contributed by atoms with van der Waals surface area (Å²) < 4.78 is 0. The van der Waals surface area contributed by atoms with Gasteiger partial charge >= 0.3 is 0 Å². The van der Waals surface area contributed by atoms with E-state index in [-0.39, 0.29) is 12.3 Å². The van der Waals surface area contributed by atoms with Crippen molar-refractivity contribution in [3.63, 3.8) is 0 Å². The largest absolute Gasteiger partial charge is 0.279 e. The quantitative estimate of drug-likeness (QED) is 0.478. The van der Waals surface area contributed by atoms with E-state index in [2.05, 4.69) is 4.89 Å². The second kappa shape index (κ2) is 3.94. The molecule has 0 aliphatic carbocycles. The minimum absolute atomic E-state index is 0.247. The highest BCUT2D eigenvalue weighted by Gasteiger charge is 2.50. The van der Waals surface area contributed by atoms with Gasteiger partial charge in [0, 0.05) is 18.2 Å². The Morgan fingerprint density at radius 1 is 1.35 bits per heavy atom. The van der Waals surface area contributed by atoms with Gasteiger partial charge in [0.05, 0.1) is 0 Å². The minimum atomic E-state index is -1.47. The number of benzene rings is 1. The van der Waals surface area contributed by atoms with E-state index in [4.69, 9.17) is 5.26 Å². The Balaban J connectivity index is 2.73. The molecule has 1 heterocycles. The predicted octanol–water partition coefficient (Wildman–Crippen LogP) is 1.39. The van der Waals surface area contributed by atoms with Crippen molar-refractivity contribution in [2.75, 3.05) is 7.05 Å². The summed E-state index contributed by atoms with van der Waals surface area (Å²) in [4.78, 5) is 29.4. The predicted molar refractivity (Wildman–Crippen MR) is 59.2 cm³/mol. The van der Waals surface area contributed by atoms with Crippen LogP contribution in [0.5, 0.6) is 0 Å². The molecule has 1 aliphatic heterocycles. The van der Waals surface area contributed by atoms with E-state index in [1.807, 2.05) is 0 Å². The highest BCUT2D eigenvalue weighted by Crippen LogP contribution is 2.37. The smallest absolute Gasteiger partial charge is 0.269 e. The summed E-state index contributed by atoms with van der Waals surface area (Å²) in [5, 5.41) is 9.10. The number of hydrogen-bond donors (Lipinski definition) is 1. The molecule has 1 aliphatic rings. The highest BCUT2D eigenvalue weighted by atomic mass is 17.1. The molecule has 5 heteroatoms. The topological polar surface area (TPSA) is 66.8 Å². The number of carbonyl (C=O) groups is 2. The highest BCUT2D eigenvalue weighted by molar-refractivity contribution is 6.12. The molecular weight excluding hydrogens is 222 g/mol. The molecule has 17 heavy (non-hydrogen) atoms. The molecule has 1 aromatic carbocycles. The van der Waals surface area contributed by atoms with E-state index in [1.54, 1.807) is 31.2 Å². The van der Waals surface area contributed by atoms with Crippen molar-refractivity contribution in [1.82, 2.24) is 4.90 Å². The van der Waals surface area contributed by atoms with Crippen molar-refractivity contribution in [3.8, 4) is 0 Å². The van der Waals surface area contributed by atoms with Gasteiger partial charge in [-0.15, -0.1) is 0 Å². The van der Waals surface area contributed by atoms with Crippen LogP contribution in [0.2, 0.25) is 0 Å². The van der Waals surface area contributed by atoms with Gasteiger partial charge in [-0.25, -0.2) is 4.89 Å². The third-order valence-electron chi connectivity index (χ3n) is 3.20. The molecule has 0 radical (unpaired) electrons. The van der Waals surface area contributed by atoms with Crippen LogP contribution in [0.3, 0.4) is 0 Å². The summed E-state index contributed by atoms with van der Waals surface area (Å²) in [5.41, 5.74) is -0.678. The molecule has 0 bridgehead atoms. The van der Waals surface area contributed by atoms with E-state index in [1.165, 1.54) is 7.05 Å². The van der Waals surface area contributed by atoms with E-state index in [0.717, 1.165) is 4.90 Å². The molecular formula is C12H13NO4. The van der Waals surface area contributed by atoms with Crippen LogP contribution < -0.4 is 0 Å². The first-order valence-electron chi connectivity index (χ1n) is 5.33. The Bertz CT molecular complexity index is 479. The van der Waals surface area contributed by atoms with Crippen LogP contribution in [0.4, 0.5) is 0 Å². The SMILES string of the molecule is CCC1(OO)C(=O)N(C)C(=O)c2ccccc21. The molecule has 0 aromatic heterocycles. The molecule has 2 amide bonds. The normalized spacial score (nSPS) is 23.8. The summed E-state index contributed by atoms with van der Waals surface area (Å²) >= 11 is 0. The maximum atomic E-state index is 12.1. The van der Waals surface area contributed by atoms with Gasteiger partial charge in [0.15, 0.2) is 0 Å². The Morgan fingerprint density at radius 3 is 2.59 bits per heavy atom. The fraction of sp³-hybridized carbons (Fsp3) is 0.333. The molecule has 0 saturated heterocycles. The third-order valence-corrected chi connectivity index (χ3v) is 3.20. The maximum Gasteiger partial charge on any atom is 0.269 e. The van der Waals surface area contributed by atoms with Gasteiger partial charge in [-0.2, -0.15) is 0 Å². The van der Waals surface area contributed by atoms with Gasteiger partial charge in [-0.05, 0) is 12.5 Å². The lowest BCUT2D eigenvalue weighted by Crippen LogP contribution is -2.53. The summed E-state index contributed by atoms with van der Waals surface area (Å²) in [7, 11) is 1.38. The number of rotatable bonds is 2. The Labute approximate surface area is 98.5 Å². The van der Waals surface area contributed by atoms with Crippen molar-refractivity contribution >= 4 is 11.8 Å². The Hall–Kier alpha value is -1.72. The molecule has 1 aromatic rings. The molecule has 1 atom stereocenters. The Morgan fingerprint density at radius 2 is 2.00 bits per heavy atom. The summed E-state index contributed by atoms with van der Waals surface area (Å²) in [6.45, 7) is 1.72. The lowest BCUT2D eigenvalue weighted by Gasteiger charge is -2.37. The standard InChI is InChI=1S/C12H13NO4/c1-3-12(17-16)9-7-5-4-6-8(9)10(14)13(2)11(12)15/h4-7,16H,3H2,1-2H3. The molecule has 1 N–H and O–H groups in total. The molecule has 1 unspecified atom stereocenters. The van der Waals surface area contributed by atoms with Crippen LogP contribution in [0.1, 0.15) is 29.3 Å². The van der Waals surface area contributed by atoms with Crippen LogP contribution in [-0.2, 0) is 15.3 Å². The van der Waals surface area contributed by atoms with E-state index >= 15 is 0 Å². The van der Waals surface area contributed by atoms with E-state index in [0.29, 0.717) is 11.1 Å². The lowest BCUT2D eigenvalue weighted by atomic mass is 9.83. The first-order valence-corrected chi connectivity index (χ1v) is 5.33. The molecule has 0 spiro atoms. The lowest BCUT2D eigenvalue weighted by molar-refractivity contribution is -0.320. The summed E-state index contributed by atoms with van der Waals surface area (Å²) in [5.74, 6) is -0.932. The average Bonchev–Trinajstić information content (AvgIpc) is 2.38. The van der Waals surface area contributed by atoms with Crippen molar-refractivity contribution in [3.05, 3.63) is 35.4 Å². The number of imide groups is 1. The van der Waals surface area contributed by atoms with E-state index in [9.17, 15) is 9.59 Å². The first-order chi connectivity index (χ1) is 8.08. The number of hydrogen-bond acceptors (Lipinski definition) is 4. The van der Waals surface area contributed by atoms with Crippen LogP contribution in [0.15, 0.2) is 24.3 Å². The van der Waals surface area contributed by atoms with Crippen LogP contribution in [-0.4, -0.2) is 29.0 Å². The number of likely N-dealkylation sites (N-methyl/N-ethyl adjacent to an activating group) is 1. The first kappa shape index (κ1) is 11.8. The molecule has 0 saturated carbocycles. The molecule has 0 fully saturated rings. The zero-order valence-electron chi connectivity index (χ0n) is 9.64. The Kier molecular flexibility index (Phi) is 2.73. The van der Waals surface area contributed by atoms with Gasteiger partial charge in [0.25, 0.3) is 11.8 Å². The molecule has 2 rings (SSSR count). The maximum absolute atomic E-state index is 12.1. The molecule has 90 valence electrons. The summed E-state index contributed by atoms with van der Waals surface area (Å²) in [6, 6.07) is 6.65. The van der Waals surface area contributed by atoms with Gasteiger partial charge in [0.1, 0.15) is 0 Å². The van der Waals surface area contributed by atoms with Crippen LogP contribution in [0, 0.1) is 0 Å². The van der Waals surface area contributed by atoms with Gasteiger partial charge in [-0.1, -0.05) is 25.1 Å². The van der Waals surface area contributed by atoms with Crippen molar-refractivity contribution in [1.29, 1.82) is 0 Å². The zero-order valence-corrected chi connectivity index (χ0v) is 9.64. The average molecular weight is 235 g/mol. The summed E-state index contributed by atoms with van der Waals surface area (Å²) in [6.07, 6.45) is 0.247. The number of amides is 2. The minimum Gasteiger partial charge on any atom is -0.279 e. The monoisotopic (exact) mass is 235 g/mol. The van der Waals surface area contributed by atoms with Crippen LogP contribution >= 0.6 is 0 Å². The second-order valence-corrected chi connectivity index (χ2v) is 3.99. The number of nitrogens with zero attached hydrogens (tertiary/aromatic N) is 1. The van der Waals surface area contributed by atoms with Crippen LogP contribution in [0.25, 0.3) is 0 Å². The zero-order chi connectivity index (χ0) is 12.6. The number of fused-ring (bicyclic) bond motifs is 1. The number of carbonyl (C=O) groups excluding carboxylic acids is 2. The fourth-order valence-corrected chi connectivity index (χ4v) is 2.18. The van der Waals surface area contributed by atoms with Gasteiger partial charge in [-0.3, -0.25) is 19.7 Å². The molecule has 5 nitrogen and oxygen atoms in total. The fourth-order valence-electron chi connectivity index (χ4n) is 2.18. The second-order valence-electron chi connectivity index (χ2n) is 3.99.